The summed E-state index contributed by atoms with van der Waals surface area (Å²) in [6.07, 6.45) is 1.87. The van der Waals surface area contributed by atoms with E-state index >= 15 is 0 Å². The highest BCUT2D eigenvalue weighted by molar-refractivity contribution is 6.13. The predicted octanol–water partition coefficient (Wildman–Crippen LogP) is 16.3. The maximum Gasteiger partial charge on any atom is 0.194 e. The molecule has 9 aromatic carbocycles. The lowest BCUT2D eigenvalue weighted by Crippen LogP contribution is -2.04. The molecule has 8 nitrogen and oxygen atoms in total. The van der Waals surface area contributed by atoms with E-state index in [0.717, 1.165) is 93.7 Å². The first kappa shape index (κ1) is 42.5. The van der Waals surface area contributed by atoms with Gasteiger partial charge in [-0.25, -0.2) is 14.7 Å². The number of hydrogen-bond donors (Lipinski definition) is 0. The van der Waals surface area contributed by atoms with Crippen molar-refractivity contribution in [2.75, 3.05) is 0 Å². The van der Waals surface area contributed by atoms with Gasteiger partial charge in [-0.05, 0) is 93.0 Å². The molecule has 0 aliphatic heterocycles. The molecule has 3 heterocycles. The van der Waals surface area contributed by atoms with Gasteiger partial charge in [-0.1, -0.05) is 152 Å². The van der Waals surface area contributed by atoms with Gasteiger partial charge in [0.15, 0.2) is 11.4 Å². The molecular formula is C64H34N8. The molecule has 0 N–H and O–H groups in total. The normalized spacial score (nSPS) is 11.0. The number of benzene rings is 9. The van der Waals surface area contributed by atoms with Crippen LogP contribution in [0.4, 0.5) is 11.4 Å². The van der Waals surface area contributed by atoms with E-state index in [1.165, 1.54) is 0 Å². The monoisotopic (exact) mass is 914 g/mol. The Hall–Kier alpha value is -10.8. The van der Waals surface area contributed by atoms with Gasteiger partial charge in [0, 0.05) is 32.7 Å². The number of rotatable bonds is 7. The van der Waals surface area contributed by atoms with Gasteiger partial charge in [0.25, 0.3) is 0 Å². The minimum absolute atomic E-state index is 0.475. The number of nitrogens with zero attached hydrogens (tertiary/aromatic N) is 8. The van der Waals surface area contributed by atoms with Crippen LogP contribution in [-0.4, -0.2) is 14.1 Å². The number of pyridine rings is 1. The Morgan fingerprint density at radius 3 is 1.12 bits per heavy atom. The van der Waals surface area contributed by atoms with Crippen LogP contribution >= 0.6 is 0 Å². The van der Waals surface area contributed by atoms with Gasteiger partial charge >= 0.3 is 0 Å². The van der Waals surface area contributed by atoms with Gasteiger partial charge in [0.05, 0.1) is 82.0 Å². The Balaban J connectivity index is 1.19. The average Bonchev–Trinajstić information content (AvgIpc) is 3.95. The van der Waals surface area contributed by atoms with E-state index < -0.39 is 0 Å². The number of nitriles is 3. The largest absolute Gasteiger partial charge is 0.307 e. The molecule has 330 valence electrons. The zero-order valence-electron chi connectivity index (χ0n) is 38.2. The summed E-state index contributed by atoms with van der Waals surface area (Å²) >= 11 is 0. The van der Waals surface area contributed by atoms with Crippen molar-refractivity contribution in [1.29, 1.82) is 15.8 Å². The van der Waals surface area contributed by atoms with Crippen molar-refractivity contribution < 1.29 is 0 Å². The van der Waals surface area contributed by atoms with Crippen molar-refractivity contribution in [3.8, 4) is 85.3 Å². The molecule has 0 atom stereocenters. The maximum absolute atomic E-state index is 10.8. The van der Waals surface area contributed by atoms with Crippen LogP contribution in [0.1, 0.15) is 16.7 Å². The molecule has 0 saturated heterocycles. The summed E-state index contributed by atoms with van der Waals surface area (Å²) in [4.78, 5) is 13.1. The van der Waals surface area contributed by atoms with Gasteiger partial charge in [0.2, 0.25) is 0 Å². The second kappa shape index (κ2) is 17.4. The minimum atomic E-state index is 0.475. The predicted molar refractivity (Wildman–Crippen MR) is 287 cm³/mol. The summed E-state index contributed by atoms with van der Waals surface area (Å²) in [5.74, 6) is 0.582. The van der Waals surface area contributed by atoms with E-state index in [1.54, 1.807) is 0 Å². The Labute approximate surface area is 414 Å². The van der Waals surface area contributed by atoms with E-state index in [0.29, 0.717) is 45.1 Å². The van der Waals surface area contributed by atoms with Gasteiger partial charge in [0.1, 0.15) is 5.82 Å². The third kappa shape index (κ3) is 6.84. The van der Waals surface area contributed by atoms with Crippen LogP contribution in [0, 0.1) is 47.1 Å². The van der Waals surface area contributed by atoms with Crippen LogP contribution in [0.25, 0.3) is 120 Å². The van der Waals surface area contributed by atoms with E-state index in [-0.39, 0.29) is 0 Å². The molecule has 0 amide bonds. The van der Waals surface area contributed by atoms with Crippen molar-refractivity contribution in [3.05, 3.63) is 246 Å². The van der Waals surface area contributed by atoms with E-state index in [1.807, 2.05) is 146 Å². The molecule has 0 unspecified atom stereocenters. The van der Waals surface area contributed by atoms with Crippen molar-refractivity contribution in [2.24, 2.45) is 0 Å². The van der Waals surface area contributed by atoms with Crippen molar-refractivity contribution in [2.45, 2.75) is 0 Å². The molecule has 0 fully saturated rings. The highest BCUT2D eigenvalue weighted by Crippen LogP contribution is 2.44. The fourth-order valence-electron chi connectivity index (χ4n) is 10.3. The first-order valence-corrected chi connectivity index (χ1v) is 23.1. The fraction of sp³-hybridized carbons (Fsp3) is 0. The topological polar surface area (TPSA) is 103 Å². The Morgan fingerprint density at radius 1 is 0.361 bits per heavy atom. The number of para-hydroxylation sites is 2. The Bertz CT molecular complexity index is 4250. The van der Waals surface area contributed by atoms with Crippen LogP contribution in [0.3, 0.4) is 0 Å². The van der Waals surface area contributed by atoms with Crippen LogP contribution in [0.15, 0.2) is 206 Å². The van der Waals surface area contributed by atoms with E-state index in [2.05, 4.69) is 97.7 Å². The number of aromatic nitrogens is 3. The molecule has 0 aliphatic rings. The lowest BCUT2D eigenvalue weighted by molar-refractivity contribution is 1.06. The second-order valence-electron chi connectivity index (χ2n) is 17.4. The summed E-state index contributed by atoms with van der Waals surface area (Å²) in [5.41, 5.74) is 14.9. The molecule has 3 aromatic heterocycles. The summed E-state index contributed by atoms with van der Waals surface area (Å²) in [7, 11) is 0. The summed E-state index contributed by atoms with van der Waals surface area (Å²) in [5, 5.41) is 35.1. The first-order chi connectivity index (χ1) is 35.5. The molecule has 0 radical (unpaired) electrons. The Morgan fingerprint density at radius 2 is 0.708 bits per heavy atom. The maximum atomic E-state index is 10.8. The van der Waals surface area contributed by atoms with Crippen molar-refractivity contribution in [1.82, 2.24) is 14.1 Å². The van der Waals surface area contributed by atoms with Crippen molar-refractivity contribution in [3.63, 3.8) is 0 Å². The van der Waals surface area contributed by atoms with Crippen LogP contribution in [0.5, 0.6) is 0 Å². The fourth-order valence-corrected chi connectivity index (χ4v) is 10.3. The molecule has 72 heavy (non-hydrogen) atoms. The Kier molecular flexibility index (Phi) is 10.3. The second-order valence-corrected chi connectivity index (χ2v) is 17.4. The third-order valence-corrected chi connectivity index (χ3v) is 13.6. The third-order valence-electron chi connectivity index (χ3n) is 13.6. The average molecular weight is 915 g/mol. The zero-order chi connectivity index (χ0) is 48.9. The summed E-state index contributed by atoms with van der Waals surface area (Å²) in [6.45, 7) is 16.0. The van der Waals surface area contributed by atoms with Crippen LogP contribution in [-0.2, 0) is 0 Å². The van der Waals surface area contributed by atoms with Crippen LogP contribution in [0.2, 0.25) is 0 Å². The SMILES string of the molecule is [C-]#[N+]c1ccccc1-c1ccc2c3ccc(-c4ccccc4C#N)cc3n(-c3cc(-c4ccccc4C#N)c(-n4c5cc(-c6ccccc6C#N)ccc5c5ccc(-c6ccccc6[N+]#[C-])cc54)cn3)c2c1. The number of fused-ring (bicyclic) bond motifs is 6. The summed E-state index contributed by atoms with van der Waals surface area (Å²) in [6, 6.07) is 72.2. The molecule has 12 aromatic rings. The molecule has 8 heteroatoms. The van der Waals surface area contributed by atoms with E-state index in [4.69, 9.17) is 18.1 Å². The minimum Gasteiger partial charge on any atom is -0.307 e. The van der Waals surface area contributed by atoms with Gasteiger partial charge < -0.3 is 4.57 Å². The highest BCUT2D eigenvalue weighted by Gasteiger charge is 2.23. The van der Waals surface area contributed by atoms with E-state index in [9.17, 15) is 15.8 Å². The first-order valence-electron chi connectivity index (χ1n) is 23.1. The van der Waals surface area contributed by atoms with Gasteiger partial charge in [-0.15, -0.1) is 0 Å². The lowest BCUT2D eigenvalue weighted by atomic mass is 9.98. The number of hydrogen-bond acceptors (Lipinski definition) is 4. The van der Waals surface area contributed by atoms with Gasteiger partial charge in [-0.3, -0.25) is 4.57 Å². The summed E-state index contributed by atoms with van der Waals surface area (Å²) < 4.78 is 4.33. The highest BCUT2D eigenvalue weighted by atomic mass is 15.1. The molecular weight excluding hydrogens is 881 g/mol. The molecule has 0 spiro atoms. The van der Waals surface area contributed by atoms with Gasteiger partial charge in [-0.2, -0.15) is 15.8 Å². The molecule has 0 bridgehead atoms. The zero-order valence-corrected chi connectivity index (χ0v) is 38.2. The molecule has 0 aliphatic carbocycles. The lowest BCUT2D eigenvalue weighted by Gasteiger charge is -2.18. The smallest absolute Gasteiger partial charge is 0.194 e. The quantitative estimate of drug-likeness (QED) is 0.149. The standard InChI is InChI=1S/C64H34N8/c1-68-57-21-11-9-19-50(57)42-25-29-53-52-27-23-40(47-16-6-3-13-44(47)36-65)31-59(52)71(60(53)33-42)63-39-70-64(35-56(63)49-18-8-5-15-46(49)38-67)72-61-32-41(48-17-7-4-14-45(48)37-66)24-28-54(61)55-30-26-43(34-62(55)72)51-20-10-12-22-58(51)69-2/h3-35,39H. The van der Waals surface area contributed by atoms with Crippen LogP contribution < -0.4 is 0 Å². The molecule has 0 saturated carbocycles. The van der Waals surface area contributed by atoms with Crippen molar-refractivity contribution >= 4 is 55.0 Å². The molecule has 12 rings (SSSR count).